The average molecular weight is 410 g/mol. The minimum atomic E-state index is -4.49. The van der Waals surface area contributed by atoms with Crippen LogP contribution in [0, 0.1) is 5.92 Å². The first-order valence-electron chi connectivity index (χ1n) is 8.25. The third-order valence-corrected chi connectivity index (χ3v) is 4.79. The van der Waals surface area contributed by atoms with Gasteiger partial charge in [0.25, 0.3) is 5.91 Å². The van der Waals surface area contributed by atoms with Gasteiger partial charge in [-0.25, -0.2) is 15.0 Å². The largest absolute Gasteiger partial charge is 0.405 e. The molecule has 0 atom stereocenters. The number of anilines is 1. The first kappa shape index (κ1) is 18.3. The molecule has 0 aliphatic heterocycles. The van der Waals surface area contributed by atoms with E-state index in [2.05, 4.69) is 20.3 Å². The van der Waals surface area contributed by atoms with Crippen LogP contribution >= 0.6 is 11.3 Å². The normalized spacial score (nSPS) is 14.2. The van der Waals surface area contributed by atoms with E-state index in [4.69, 9.17) is 0 Å². The second-order valence-corrected chi connectivity index (χ2v) is 7.12. The maximum absolute atomic E-state index is 12.2. The SMILES string of the molecule is O=C(NCC(F)(F)F)c1nc(-c2cn3cc(NC(=O)C4CC4)nc3cn2)cs1. The summed E-state index contributed by atoms with van der Waals surface area (Å²) in [6, 6.07) is 0. The fraction of sp³-hybridized carbons (Fsp3) is 0.312. The number of nitrogens with one attached hydrogen (secondary N) is 2. The monoisotopic (exact) mass is 410 g/mol. The first-order valence-corrected chi connectivity index (χ1v) is 9.13. The maximum Gasteiger partial charge on any atom is 0.405 e. The van der Waals surface area contributed by atoms with Crippen molar-refractivity contribution in [2.45, 2.75) is 19.0 Å². The Balaban J connectivity index is 1.50. The number of aromatic nitrogens is 4. The van der Waals surface area contributed by atoms with Gasteiger partial charge in [0.15, 0.2) is 16.5 Å². The van der Waals surface area contributed by atoms with Crippen LogP contribution in [0.5, 0.6) is 0 Å². The van der Waals surface area contributed by atoms with Gasteiger partial charge in [0, 0.05) is 17.5 Å². The summed E-state index contributed by atoms with van der Waals surface area (Å²) in [5, 5.41) is 5.96. The van der Waals surface area contributed by atoms with Crippen molar-refractivity contribution < 1.29 is 22.8 Å². The number of carbonyl (C=O) groups is 2. The summed E-state index contributed by atoms with van der Waals surface area (Å²) in [5.74, 6) is -0.510. The van der Waals surface area contributed by atoms with Gasteiger partial charge in [-0.05, 0) is 12.8 Å². The van der Waals surface area contributed by atoms with E-state index >= 15 is 0 Å². The minimum absolute atomic E-state index is 0.0513. The lowest BCUT2D eigenvalue weighted by atomic mass is 10.3. The van der Waals surface area contributed by atoms with E-state index in [-0.39, 0.29) is 16.8 Å². The molecule has 8 nitrogen and oxygen atoms in total. The van der Waals surface area contributed by atoms with E-state index < -0.39 is 18.6 Å². The van der Waals surface area contributed by atoms with Crippen molar-refractivity contribution in [2.24, 2.45) is 5.92 Å². The van der Waals surface area contributed by atoms with E-state index in [1.165, 1.54) is 11.6 Å². The number of nitrogens with zero attached hydrogens (tertiary/aromatic N) is 4. The second-order valence-electron chi connectivity index (χ2n) is 6.26. The fourth-order valence-electron chi connectivity index (χ4n) is 2.42. The van der Waals surface area contributed by atoms with Gasteiger partial charge in [0.2, 0.25) is 5.91 Å². The van der Waals surface area contributed by atoms with Crippen molar-refractivity contribution in [3.63, 3.8) is 0 Å². The molecule has 3 heterocycles. The number of fused-ring (bicyclic) bond motifs is 1. The molecule has 2 amide bonds. The molecular formula is C16H13F3N6O2S. The van der Waals surface area contributed by atoms with Crippen LogP contribution in [-0.2, 0) is 4.79 Å². The summed E-state index contributed by atoms with van der Waals surface area (Å²) < 4.78 is 38.3. The molecule has 2 N–H and O–H groups in total. The predicted octanol–water partition coefficient (Wildman–Crippen LogP) is 2.49. The van der Waals surface area contributed by atoms with Crippen LogP contribution in [0.2, 0.25) is 0 Å². The van der Waals surface area contributed by atoms with Gasteiger partial charge in [0.1, 0.15) is 17.9 Å². The Kier molecular flexibility index (Phi) is 4.49. The number of hydrogen-bond donors (Lipinski definition) is 2. The zero-order valence-corrected chi connectivity index (χ0v) is 15.0. The van der Waals surface area contributed by atoms with Crippen molar-refractivity contribution >= 4 is 34.6 Å². The molecule has 1 aliphatic rings. The standard InChI is InChI=1S/C16H13F3N6O2S/c17-16(18,19)7-21-14(27)15-22-10(6-28-15)9-4-25-5-11(23-12(25)3-20-9)24-13(26)8-1-2-8/h3-6,8H,1-2,7H2,(H,21,27)(H,24,26). The van der Waals surface area contributed by atoms with Crippen molar-refractivity contribution in [1.82, 2.24) is 24.7 Å². The lowest BCUT2D eigenvalue weighted by molar-refractivity contribution is -0.123. The molecule has 0 saturated heterocycles. The summed E-state index contributed by atoms with van der Waals surface area (Å²) >= 11 is 0.920. The Bertz CT molecular complexity index is 1060. The number of carbonyl (C=O) groups excluding carboxylic acids is 2. The molecule has 0 spiro atoms. The van der Waals surface area contributed by atoms with E-state index in [0.29, 0.717) is 22.9 Å². The molecule has 1 saturated carbocycles. The fourth-order valence-corrected chi connectivity index (χ4v) is 3.14. The number of amides is 2. The van der Waals surface area contributed by atoms with Gasteiger partial charge >= 0.3 is 6.18 Å². The third-order valence-electron chi connectivity index (χ3n) is 3.95. The van der Waals surface area contributed by atoms with Crippen LogP contribution < -0.4 is 10.6 Å². The minimum Gasteiger partial charge on any atom is -0.341 e. The van der Waals surface area contributed by atoms with Crippen molar-refractivity contribution in [2.75, 3.05) is 11.9 Å². The predicted molar refractivity (Wildman–Crippen MR) is 93.8 cm³/mol. The van der Waals surface area contributed by atoms with E-state index in [1.54, 1.807) is 22.1 Å². The van der Waals surface area contributed by atoms with Gasteiger partial charge in [-0.2, -0.15) is 13.2 Å². The summed E-state index contributed by atoms with van der Waals surface area (Å²) in [4.78, 5) is 36.1. The van der Waals surface area contributed by atoms with Crippen LogP contribution in [0.25, 0.3) is 17.0 Å². The molecule has 0 unspecified atom stereocenters. The number of imidazole rings is 1. The average Bonchev–Trinajstić information content (AvgIpc) is 3.23. The summed E-state index contributed by atoms with van der Waals surface area (Å²) in [6.45, 7) is -1.42. The molecule has 3 aromatic rings. The molecule has 28 heavy (non-hydrogen) atoms. The van der Waals surface area contributed by atoms with Crippen LogP contribution in [0.4, 0.5) is 19.0 Å². The zero-order chi connectivity index (χ0) is 19.9. The topological polar surface area (TPSA) is 101 Å². The van der Waals surface area contributed by atoms with Crippen LogP contribution in [0.3, 0.4) is 0 Å². The number of hydrogen-bond acceptors (Lipinski definition) is 6. The molecule has 0 bridgehead atoms. The zero-order valence-electron chi connectivity index (χ0n) is 14.2. The molecule has 1 aliphatic carbocycles. The van der Waals surface area contributed by atoms with Gasteiger partial charge < -0.3 is 15.0 Å². The molecule has 4 rings (SSSR count). The summed E-state index contributed by atoms with van der Waals surface area (Å²) in [7, 11) is 0. The highest BCUT2D eigenvalue weighted by molar-refractivity contribution is 7.12. The number of halogens is 3. The van der Waals surface area contributed by atoms with Gasteiger partial charge in [-0.3, -0.25) is 9.59 Å². The Morgan fingerprint density at radius 3 is 2.71 bits per heavy atom. The van der Waals surface area contributed by atoms with Gasteiger partial charge in [-0.1, -0.05) is 0 Å². The highest BCUT2D eigenvalue weighted by Gasteiger charge is 2.30. The lowest BCUT2D eigenvalue weighted by Gasteiger charge is -2.06. The number of rotatable bonds is 5. The molecule has 12 heteroatoms. The smallest absolute Gasteiger partial charge is 0.341 e. The third kappa shape index (κ3) is 4.11. The van der Waals surface area contributed by atoms with Crippen molar-refractivity contribution in [3.05, 3.63) is 29.0 Å². The molecule has 0 aromatic carbocycles. The Hall–Kier alpha value is -3.02. The molecule has 0 radical (unpaired) electrons. The second kappa shape index (κ2) is 6.86. The summed E-state index contributed by atoms with van der Waals surface area (Å²) in [6.07, 6.45) is 1.99. The van der Waals surface area contributed by atoms with Crippen molar-refractivity contribution in [1.29, 1.82) is 0 Å². The van der Waals surface area contributed by atoms with Crippen molar-refractivity contribution in [3.8, 4) is 11.4 Å². The van der Waals surface area contributed by atoms with E-state index in [0.717, 1.165) is 24.2 Å². The Labute approximate surface area is 159 Å². The van der Waals surface area contributed by atoms with E-state index in [9.17, 15) is 22.8 Å². The highest BCUT2D eigenvalue weighted by Crippen LogP contribution is 2.30. The number of alkyl halides is 3. The Morgan fingerprint density at radius 1 is 1.21 bits per heavy atom. The Morgan fingerprint density at radius 2 is 2.00 bits per heavy atom. The molecular weight excluding hydrogens is 397 g/mol. The van der Waals surface area contributed by atoms with E-state index in [1.807, 2.05) is 0 Å². The van der Waals surface area contributed by atoms with Crippen LogP contribution in [0.15, 0.2) is 24.0 Å². The first-order chi connectivity index (χ1) is 13.3. The highest BCUT2D eigenvalue weighted by atomic mass is 32.1. The molecule has 146 valence electrons. The lowest BCUT2D eigenvalue weighted by Crippen LogP contribution is -2.33. The van der Waals surface area contributed by atoms with Crippen LogP contribution in [-0.4, -0.2) is 43.9 Å². The molecule has 3 aromatic heterocycles. The van der Waals surface area contributed by atoms with Gasteiger partial charge in [0.05, 0.1) is 12.4 Å². The van der Waals surface area contributed by atoms with Crippen LogP contribution in [0.1, 0.15) is 22.6 Å². The molecule has 1 fully saturated rings. The summed E-state index contributed by atoms with van der Waals surface area (Å²) in [5.41, 5.74) is 1.27. The van der Waals surface area contributed by atoms with Gasteiger partial charge in [-0.15, -0.1) is 11.3 Å². The quantitative estimate of drug-likeness (QED) is 0.673. The maximum atomic E-state index is 12.2. The number of thiazole rings is 1.